The van der Waals surface area contributed by atoms with E-state index in [1.54, 1.807) is 7.11 Å². The fourth-order valence-corrected chi connectivity index (χ4v) is 4.37. The van der Waals surface area contributed by atoms with E-state index in [0.29, 0.717) is 11.7 Å². The van der Waals surface area contributed by atoms with Crippen molar-refractivity contribution < 1.29 is 9.53 Å². The van der Waals surface area contributed by atoms with E-state index < -0.39 is 0 Å². The van der Waals surface area contributed by atoms with Gasteiger partial charge in [-0.15, -0.1) is 0 Å². The number of fused-ring (bicyclic) bond motifs is 1. The molecule has 1 atom stereocenters. The summed E-state index contributed by atoms with van der Waals surface area (Å²) in [6.07, 6.45) is 5.74. The second-order valence-electron chi connectivity index (χ2n) is 7.96. The molecular weight excluding hydrogens is 364 g/mol. The summed E-state index contributed by atoms with van der Waals surface area (Å²) in [5, 5.41) is 3.15. The highest BCUT2D eigenvalue weighted by molar-refractivity contribution is 5.78. The monoisotopic (exact) mass is 394 g/mol. The van der Waals surface area contributed by atoms with Gasteiger partial charge in [0.1, 0.15) is 0 Å². The summed E-state index contributed by atoms with van der Waals surface area (Å²) in [6, 6.07) is 9.97. The van der Waals surface area contributed by atoms with Crippen molar-refractivity contribution in [3.8, 4) is 17.3 Å². The first-order chi connectivity index (χ1) is 14.2. The molecule has 1 N–H and O–H groups in total. The summed E-state index contributed by atoms with van der Waals surface area (Å²) < 4.78 is 5.59. The molecular formula is C23H30N4O2. The number of aromatic nitrogens is 2. The highest BCUT2D eigenvalue weighted by Gasteiger charge is 2.26. The SMILES string of the molecule is COc1nc(-c2ccccc2)nc2c1CCC(C(=O)NCCN1CCCC1)CC2. The van der Waals surface area contributed by atoms with Crippen LogP contribution >= 0.6 is 0 Å². The minimum atomic E-state index is 0.0210. The molecule has 1 amide bonds. The van der Waals surface area contributed by atoms with Crippen molar-refractivity contribution in [1.29, 1.82) is 0 Å². The molecule has 2 aromatic rings. The Morgan fingerprint density at radius 3 is 2.66 bits per heavy atom. The number of ether oxygens (including phenoxy) is 1. The molecule has 6 heteroatoms. The summed E-state index contributed by atoms with van der Waals surface area (Å²) >= 11 is 0. The lowest BCUT2D eigenvalue weighted by Crippen LogP contribution is -2.37. The van der Waals surface area contributed by atoms with E-state index in [-0.39, 0.29) is 11.8 Å². The third-order valence-corrected chi connectivity index (χ3v) is 6.05. The maximum absolute atomic E-state index is 12.7. The fourth-order valence-electron chi connectivity index (χ4n) is 4.37. The molecule has 1 aliphatic carbocycles. The van der Waals surface area contributed by atoms with Gasteiger partial charge in [0.25, 0.3) is 0 Å². The zero-order valence-corrected chi connectivity index (χ0v) is 17.2. The van der Waals surface area contributed by atoms with Crippen LogP contribution in [-0.2, 0) is 17.6 Å². The zero-order chi connectivity index (χ0) is 20.1. The number of amides is 1. The predicted molar refractivity (Wildman–Crippen MR) is 113 cm³/mol. The van der Waals surface area contributed by atoms with Gasteiger partial charge in [0.15, 0.2) is 5.82 Å². The van der Waals surface area contributed by atoms with E-state index in [4.69, 9.17) is 9.72 Å². The fraction of sp³-hybridized carbons (Fsp3) is 0.522. The molecule has 0 radical (unpaired) electrons. The molecule has 2 aliphatic rings. The van der Waals surface area contributed by atoms with Gasteiger partial charge in [-0.05, 0) is 51.6 Å². The second-order valence-corrected chi connectivity index (χ2v) is 7.96. The van der Waals surface area contributed by atoms with Crippen LogP contribution in [0.15, 0.2) is 30.3 Å². The first-order valence-corrected chi connectivity index (χ1v) is 10.7. The van der Waals surface area contributed by atoms with Gasteiger partial charge in [-0.2, -0.15) is 4.98 Å². The average molecular weight is 395 g/mol. The summed E-state index contributed by atoms with van der Waals surface area (Å²) in [6.45, 7) is 4.02. The quantitative estimate of drug-likeness (QED) is 0.763. The van der Waals surface area contributed by atoms with Crippen LogP contribution in [0.1, 0.15) is 36.9 Å². The van der Waals surface area contributed by atoms with E-state index in [1.165, 1.54) is 12.8 Å². The van der Waals surface area contributed by atoms with E-state index in [0.717, 1.165) is 68.7 Å². The van der Waals surface area contributed by atoms with E-state index in [9.17, 15) is 4.79 Å². The van der Waals surface area contributed by atoms with Gasteiger partial charge in [-0.25, -0.2) is 4.98 Å². The molecule has 1 aliphatic heterocycles. The summed E-state index contributed by atoms with van der Waals surface area (Å²) in [5.74, 6) is 1.53. The first-order valence-electron chi connectivity index (χ1n) is 10.7. The van der Waals surface area contributed by atoms with Crippen molar-refractivity contribution in [1.82, 2.24) is 20.2 Å². The van der Waals surface area contributed by atoms with Crippen LogP contribution in [-0.4, -0.2) is 54.1 Å². The minimum Gasteiger partial charge on any atom is -0.481 e. The summed E-state index contributed by atoms with van der Waals surface area (Å²) in [5.41, 5.74) is 3.05. The average Bonchev–Trinajstić information content (AvgIpc) is 3.18. The molecule has 1 fully saturated rings. The molecule has 29 heavy (non-hydrogen) atoms. The van der Waals surface area contributed by atoms with Gasteiger partial charge in [0.05, 0.1) is 12.8 Å². The number of benzene rings is 1. The van der Waals surface area contributed by atoms with Crippen LogP contribution in [0.2, 0.25) is 0 Å². The van der Waals surface area contributed by atoms with Gasteiger partial charge in [-0.3, -0.25) is 4.79 Å². The normalized spacial score (nSPS) is 19.4. The Balaban J connectivity index is 1.42. The molecule has 2 heterocycles. The minimum absolute atomic E-state index is 0.0210. The van der Waals surface area contributed by atoms with Gasteiger partial charge in [0.2, 0.25) is 11.8 Å². The largest absolute Gasteiger partial charge is 0.481 e. The van der Waals surface area contributed by atoms with Gasteiger partial charge in [0, 0.05) is 30.1 Å². The lowest BCUT2D eigenvalue weighted by Gasteiger charge is -2.17. The van der Waals surface area contributed by atoms with Crippen LogP contribution in [0, 0.1) is 5.92 Å². The molecule has 0 saturated carbocycles. The van der Waals surface area contributed by atoms with Crippen LogP contribution in [0.3, 0.4) is 0 Å². The van der Waals surface area contributed by atoms with Crippen LogP contribution in [0.5, 0.6) is 5.88 Å². The lowest BCUT2D eigenvalue weighted by atomic mass is 9.99. The highest BCUT2D eigenvalue weighted by Crippen LogP contribution is 2.31. The molecule has 1 saturated heterocycles. The number of likely N-dealkylation sites (tertiary alicyclic amines) is 1. The molecule has 1 aromatic carbocycles. The maximum atomic E-state index is 12.7. The topological polar surface area (TPSA) is 67.3 Å². The number of rotatable bonds is 6. The van der Waals surface area contributed by atoms with Crippen molar-refractivity contribution in [3.63, 3.8) is 0 Å². The van der Waals surface area contributed by atoms with E-state index in [1.807, 2.05) is 30.3 Å². The molecule has 4 rings (SSSR count). The third-order valence-electron chi connectivity index (χ3n) is 6.05. The third kappa shape index (κ3) is 4.75. The number of aryl methyl sites for hydroxylation is 1. The molecule has 154 valence electrons. The summed E-state index contributed by atoms with van der Waals surface area (Å²) in [7, 11) is 1.66. The van der Waals surface area contributed by atoms with Crippen LogP contribution in [0.4, 0.5) is 0 Å². The Hall–Kier alpha value is -2.47. The van der Waals surface area contributed by atoms with Crippen molar-refractivity contribution in [3.05, 3.63) is 41.6 Å². The number of nitrogens with one attached hydrogen (secondary N) is 1. The van der Waals surface area contributed by atoms with Gasteiger partial charge in [-0.1, -0.05) is 30.3 Å². The molecule has 1 unspecified atom stereocenters. The summed E-state index contributed by atoms with van der Waals surface area (Å²) in [4.78, 5) is 24.6. The van der Waals surface area contributed by atoms with Crippen molar-refractivity contribution in [2.75, 3.05) is 33.3 Å². The van der Waals surface area contributed by atoms with Crippen molar-refractivity contribution >= 4 is 5.91 Å². The Morgan fingerprint density at radius 2 is 1.90 bits per heavy atom. The van der Waals surface area contributed by atoms with Gasteiger partial charge < -0.3 is 15.0 Å². The Labute approximate surface area is 172 Å². The second kappa shape index (κ2) is 9.35. The smallest absolute Gasteiger partial charge is 0.223 e. The number of carbonyl (C=O) groups is 1. The van der Waals surface area contributed by atoms with Crippen molar-refractivity contribution in [2.24, 2.45) is 5.92 Å². The highest BCUT2D eigenvalue weighted by atomic mass is 16.5. The molecule has 0 bridgehead atoms. The Bertz CT molecular complexity index is 834. The van der Waals surface area contributed by atoms with E-state index in [2.05, 4.69) is 15.2 Å². The number of nitrogens with zero attached hydrogens (tertiary/aromatic N) is 3. The Morgan fingerprint density at radius 1 is 1.14 bits per heavy atom. The maximum Gasteiger partial charge on any atom is 0.223 e. The molecule has 0 spiro atoms. The molecule has 1 aromatic heterocycles. The zero-order valence-electron chi connectivity index (χ0n) is 17.2. The lowest BCUT2D eigenvalue weighted by molar-refractivity contribution is -0.125. The first kappa shape index (κ1) is 19.8. The Kier molecular flexibility index (Phi) is 6.39. The van der Waals surface area contributed by atoms with E-state index >= 15 is 0 Å². The number of hydrogen-bond donors (Lipinski definition) is 1. The number of carbonyl (C=O) groups excluding carboxylic acids is 1. The predicted octanol–water partition coefficient (Wildman–Crippen LogP) is 2.86. The molecule has 6 nitrogen and oxygen atoms in total. The van der Waals surface area contributed by atoms with Gasteiger partial charge >= 0.3 is 0 Å². The standard InChI is InChI=1S/C23H30N4O2/c1-29-23-19-11-9-18(22(28)24-13-16-27-14-5-6-15-27)10-12-20(19)25-21(26-23)17-7-3-2-4-8-17/h2-4,7-8,18H,5-6,9-16H2,1H3,(H,24,28). The van der Waals surface area contributed by atoms with Crippen LogP contribution in [0.25, 0.3) is 11.4 Å². The number of hydrogen-bond acceptors (Lipinski definition) is 5. The van der Waals surface area contributed by atoms with Crippen molar-refractivity contribution in [2.45, 2.75) is 38.5 Å². The number of methoxy groups -OCH3 is 1. The van der Waals surface area contributed by atoms with Crippen LogP contribution < -0.4 is 10.1 Å².